The topological polar surface area (TPSA) is 102 Å². The van der Waals surface area contributed by atoms with Crippen LogP contribution in [0.3, 0.4) is 0 Å². The van der Waals surface area contributed by atoms with Crippen molar-refractivity contribution in [3.63, 3.8) is 0 Å². The first-order chi connectivity index (χ1) is 14.5. The minimum absolute atomic E-state index is 0.146. The van der Waals surface area contributed by atoms with Gasteiger partial charge in [-0.1, -0.05) is 30.3 Å². The lowest BCUT2D eigenvalue weighted by Crippen LogP contribution is -2.31. The maximum Gasteiger partial charge on any atom is 0.312 e. The van der Waals surface area contributed by atoms with Crippen LogP contribution in [0.5, 0.6) is 5.75 Å². The molecular formula is C22H23N3O5. The van der Waals surface area contributed by atoms with E-state index in [1.165, 1.54) is 4.90 Å². The number of rotatable bonds is 8. The summed E-state index contributed by atoms with van der Waals surface area (Å²) in [6.07, 6.45) is -0.146. The molecule has 0 saturated heterocycles. The average Bonchev–Trinajstić information content (AvgIpc) is 2.75. The maximum absolute atomic E-state index is 12.3. The number of hydrogen-bond acceptors (Lipinski definition) is 6. The van der Waals surface area contributed by atoms with Crippen LogP contribution >= 0.6 is 0 Å². The van der Waals surface area contributed by atoms with Crippen molar-refractivity contribution >= 4 is 22.6 Å². The standard InChI is InChI=1S/C22H23N3O5/c1-3-29-16-10-8-15(9-11-16)13-25(2)20(26)14-30-21(27)12-19-17-6-4-5-7-18(17)22(28)24-23-19/h4-11H,3,12-14H2,1-2H3,(H,24,28). The van der Waals surface area contributed by atoms with E-state index in [0.29, 0.717) is 29.6 Å². The number of amides is 1. The van der Waals surface area contributed by atoms with Crippen molar-refractivity contribution < 1.29 is 19.1 Å². The van der Waals surface area contributed by atoms with Gasteiger partial charge in [0.1, 0.15) is 5.75 Å². The molecule has 1 amide bonds. The quantitative estimate of drug-likeness (QED) is 0.572. The zero-order chi connectivity index (χ0) is 21.5. The Bertz CT molecular complexity index is 1090. The summed E-state index contributed by atoms with van der Waals surface area (Å²) in [4.78, 5) is 37.8. The van der Waals surface area contributed by atoms with Crippen LogP contribution in [0.1, 0.15) is 18.2 Å². The van der Waals surface area contributed by atoms with Crippen LogP contribution in [0, 0.1) is 0 Å². The van der Waals surface area contributed by atoms with Crippen molar-refractivity contribution in [2.75, 3.05) is 20.3 Å². The number of ether oxygens (including phenoxy) is 2. The Balaban J connectivity index is 1.53. The summed E-state index contributed by atoms with van der Waals surface area (Å²) >= 11 is 0. The molecule has 0 aliphatic heterocycles. The van der Waals surface area contributed by atoms with Gasteiger partial charge in [-0.05, 0) is 30.7 Å². The summed E-state index contributed by atoms with van der Waals surface area (Å²) in [6.45, 7) is 2.52. The fourth-order valence-corrected chi connectivity index (χ4v) is 2.97. The van der Waals surface area contributed by atoms with E-state index in [2.05, 4.69) is 10.2 Å². The van der Waals surface area contributed by atoms with Gasteiger partial charge in [0.05, 0.1) is 24.1 Å². The summed E-state index contributed by atoms with van der Waals surface area (Å²) in [6, 6.07) is 14.3. The fraction of sp³-hybridized carbons (Fsp3) is 0.273. The predicted molar refractivity (Wildman–Crippen MR) is 111 cm³/mol. The number of nitrogens with one attached hydrogen (secondary N) is 1. The molecule has 3 rings (SSSR count). The normalized spacial score (nSPS) is 10.6. The first kappa shape index (κ1) is 21.0. The van der Waals surface area contributed by atoms with E-state index in [1.807, 2.05) is 31.2 Å². The van der Waals surface area contributed by atoms with Crippen molar-refractivity contribution in [1.82, 2.24) is 15.1 Å². The Morgan fingerprint density at radius 3 is 2.47 bits per heavy atom. The molecule has 1 aromatic heterocycles. The number of carbonyl (C=O) groups excluding carboxylic acids is 2. The van der Waals surface area contributed by atoms with Gasteiger partial charge in [-0.3, -0.25) is 14.4 Å². The highest BCUT2D eigenvalue weighted by atomic mass is 16.5. The first-order valence-electron chi connectivity index (χ1n) is 9.55. The molecule has 0 bridgehead atoms. The van der Waals surface area contributed by atoms with Crippen LogP contribution in [-0.2, 0) is 27.3 Å². The molecule has 156 valence electrons. The van der Waals surface area contributed by atoms with Crippen LogP contribution < -0.4 is 10.3 Å². The van der Waals surface area contributed by atoms with Gasteiger partial charge in [-0.2, -0.15) is 5.10 Å². The van der Waals surface area contributed by atoms with Crippen molar-refractivity contribution in [2.45, 2.75) is 19.9 Å². The molecule has 3 aromatic rings. The average molecular weight is 409 g/mol. The molecule has 8 heteroatoms. The van der Waals surface area contributed by atoms with E-state index in [1.54, 1.807) is 31.3 Å². The van der Waals surface area contributed by atoms with Crippen LogP contribution in [-0.4, -0.2) is 47.2 Å². The van der Waals surface area contributed by atoms with Gasteiger partial charge in [-0.25, -0.2) is 5.10 Å². The molecule has 0 fully saturated rings. The smallest absolute Gasteiger partial charge is 0.312 e. The summed E-state index contributed by atoms with van der Waals surface area (Å²) < 4.78 is 10.5. The molecule has 0 unspecified atom stereocenters. The number of likely N-dealkylation sites (N-methyl/N-ethyl adjacent to an activating group) is 1. The number of hydrogen-bond donors (Lipinski definition) is 1. The number of H-pyrrole nitrogens is 1. The van der Waals surface area contributed by atoms with E-state index in [4.69, 9.17) is 9.47 Å². The molecule has 0 atom stereocenters. The number of aromatic amines is 1. The Morgan fingerprint density at radius 2 is 1.77 bits per heavy atom. The molecule has 1 heterocycles. The third-order valence-electron chi connectivity index (χ3n) is 4.52. The highest BCUT2D eigenvalue weighted by Crippen LogP contribution is 2.14. The number of esters is 1. The Labute approximate surface area is 173 Å². The van der Waals surface area contributed by atoms with E-state index in [-0.39, 0.29) is 24.5 Å². The van der Waals surface area contributed by atoms with Gasteiger partial charge >= 0.3 is 5.97 Å². The van der Waals surface area contributed by atoms with Gasteiger partial charge in [0.15, 0.2) is 6.61 Å². The minimum Gasteiger partial charge on any atom is -0.494 e. The Morgan fingerprint density at radius 1 is 1.07 bits per heavy atom. The molecule has 0 saturated carbocycles. The lowest BCUT2D eigenvalue weighted by molar-refractivity contribution is -0.151. The van der Waals surface area contributed by atoms with Crippen LogP contribution in [0.25, 0.3) is 10.8 Å². The van der Waals surface area contributed by atoms with Crippen LogP contribution in [0.4, 0.5) is 0 Å². The van der Waals surface area contributed by atoms with E-state index in [0.717, 1.165) is 11.3 Å². The first-order valence-corrected chi connectivity index (χ1v) is 9.55. The number of benzene rings is 2. The van der Waals surface area contributed by atoms with Crippen molar-refractivity contribution in [3.05, 3.63) is 70.1 Å². The van der Waals surface area contributed by atoms with Gasteiger partial charge in [0.25, 0.3) is 11.5 Å². The molecular weight excluding hydrogens is 386 g/mol. The molecule has 8 nitrogen and oxygen atoms in total. The van der Waals surface area contributed by atoms with Crippen molar-refractivity contribution in [2.24, 2.45) is 0 Å². The molecule has 0 aliphatic rings. The van der Waals surface area contributed by atoms with E-state index >= 15 is 0 Å². The fourth-order valence-electron chi connectivity index (χ4n) is 2.97. The molecule has 2 aromatic carbocycles. The third kappa shape index (κ3) is 5.22. The predicted octanol–water partition coefficient (Wildman–Crippen LogP) is 2.07. The highest BCUT2D eigenvalue weighted by molar-refractivity contribution is 5.87. The van der Waals surface area contributed by atoms with E-state index < -0.39 is 5.97 Å². The maximum atomic E-state index is 12.3. The monoisotopic (exact) mass is 409 g/mol. The summed E-state index contributed by atoms with van der Waals surface area (Å²) in [7, 11) is 1.64. The van der Waals surface area contributed by atoms with E-state index in [9.17, 15) is 14.4 Å². The summed E-state index contributed by atoms with van der Waals surface area (Å²) in [5.74, 6) is -0.147. The molecule has 0 spiro atoms. The van der Waals surface area contributed by atoms with Crippen LogP contribution in [0.15, 0.2) is 53.3 Å². The number of aromatic nitrogens is 2. The van der Waals surface area contributed by atoms with Gasteiger partial charge < -0.3 is 14.4 Å². The number of carbonyl (C=O) groups is 2. The molecule has 1 N–H and O–H groups in total. The summed E-state index contributed by atoms with van der Waals surface area (Å²) in [5.41, 5.74) is 1.00. The van der Waals surface area contributed by atoms with Gasteiger partial charge in [0.2, 0.25) is 0 Å². The third-order valence-corrected chi connectivity index (χ3v) is 4.52. The molecule has 0 radical (unpaired) electrons. The second-order valence-electron chi connectivity index (χ2n) is 6.71. The largest absolute Gasteiger partial charge is 0.494 e. The highest BCUT2D eigenvalue weighted by Gasteiger charge is 2.15. The van der Waals surface area contributed by atoms with Crippen LogP contribution in [0.2, 0.25) is 0 Å². The zero-order valence-electron chi connectivity index (χ0n) is 16.9. The second kappa shape index (κ2) is 9.69. The van der Waals surface area contributed by atoms with Crippen molar-refractivity contribution in [1.29, 1.82) is 0 Å². The lowest BCUT2D eigenvalue weighted by atomic mass is 10.1. The molecule has 30 heavy (non-hydrogen) atoms. The van der Waals surface area contributed by atoms with Gasteiger partial charge in [-0.15, -0.1) is 0 Å². The number of nitrogens with zero attached hydrogens (tertiary/aromatic N) is 2. The second-order valence-corrected chi connectivity index (χ2v) is 6.71. The Kier molecular flexibility index (Phi) is 6.79. The number of fused-ring (bicyclic) bond motifs is 1. The summed E-state index contributed by atoms with van der Waals surface area (Å²) in [5, 5.41) is 7.34. The Hall–Kier alpha value is -3.68. The van der Waals surface area contributed by atoms with Crippen molar-refractivity contribution in [3.8, 4) is 5.75 Å². The lowest BCUT2D eigenvalue weighted by Gasteiger charge is -2.17. The molecule has 0 aliphatic carbocycles. The zero-order valence-corrected chi connectivity index (χ0v) is 16.9. The van der Waals surface area contributed by atoms with Gasteiger partial charge in [0, 0.05) is 19.0 Å². The SMILES string of the molecule is CCOc1ccc(CN(C)C(=O)COC(=O)Cc2n[nH]c(=O)c3ccccc23)cc1. The minimum atomic E-state index is -0.595.